The maximum absolute atomic E-state index is 12.5. The number of carbonyl (C=O) groups is 1. The number of fused-ring (bicyclic) bond motifs is 2. The number of H-pyrrole nitrogens is 1. The number of ether oxygens (including phenoxy) is 2. The van der Waals surface area contributed by atoms with Gasteiger partial charge in [-0.15, -0.1) is 0 Å². The number of aromatic amines is 1. The van der Waals surface area contributed by atoms with Crippen molar-refractivity contribution in [2.24, 2.45) is 0 Å². The van der Waals surface area contributed by atoms with Crippen LogP contribution in [-0.4, -0.2) is 62.3 Å². The number of imidazole rings is 1. The molecule has 5 atom stereocenters. The van der Waals surface area contributed by atoms with Crippen molar-refractivity contribution in [3.05, 3.63) is 16.7 Å². The van der Waals surface area contributed by atoms with Crippen molar-refractivity contribution in [3.8, 4) is 0 Å². The zero-order valence-electron chi connectivity index (χ0n) is 14.4. The van der Waals surface area contributed by atoms with Crippen LogP contribution < -0.4 is 11.3 Å². The van der Waals surface area contributed by atoms with Crippen molar-refractivity contribution in [1.82, 2.24) is 19.5 Å². The highest BCUT2D eigenvalue weighted by atomic mass is 31.2. The Hall–Kier alpha value is -2.35. The maximum atomic E-state index is 12.5. The number of phosphoric ester groups is 1. The molecule has 152 valence electrons. The summed E-state index contributed by atoms with van der Waals surface area (Å²) in [6.07, 6.45) is -2.97. The third-order valence-corrected chi connectivity index (χ3v) is 5.54. The van der Waals surface area contributed by atoms with Crippen LogP contribution in [0.1, 0.15) is 13.2 Å². The Labute approximate surface area is 156 Å². The smallest absolute Gasteiger partial charge is 0.438 e. The number of phosphoric acid groups is 1. The predicted octanol–water partition coefficient (Wildman–Crippen LogP) is -0.979. The first kappa shape index (κ1) is 19.0. The largest absolute Gasteiger partial charge is 0.478 e. The summed E-state index contributed by atoms with van der Waals surface area (Å²) in [5.41, 5.74) is 5.12. The van der Waals surface area contributed by atoms with Crippen molar-refractivity contribution >= 4 is 30.9 Å². The van der Waals surface area contributed by atoms with Crippen molar-refractivity contribution in [3.63, 3.8) is 0 Å². The molecule has 1 unspecified atom stereocenters. The lowest BCUT2D eigenvalue weighted by atomic mass is 10.1. The normalized spacial score (nSPS) is 32.4. The van der Waals surface area contributed by atoms with Gasteiger partial charge in [0.2, 0.25) is 12.7 Å². The first-order valence-corrected chi connectivity index (χ1v) is 9.50. The molecule has 2 aliphatic rings. The van der Waals surface area contributed by atoms with E-state index in [1.54, 1.807) is 0 Å². The number of aliphatic hydroxyl groups is 1. The summed E-state index contributed by atoms with van der Waals surface area (Å²) >= 11 is 0. The number of nitrogens with one attached hydrogen (secondary N) is 1. The Morgan fingerprint density at radius 2 is 2.36 bits per heavy atom. The summed E-state index contributed by atoms with van der Waals surface area (Å²) in [6.45, 7) is 0.305. The number of nitrogens with two attached hydrogens (primary N) is 1. The van der Waals surface area contributed by atoms with Crippen LogP contribution in [0.15, 0.2) is 11.1 Å². The lowest BCUT2D eigenvalue weighted by Gasteiger charge is -2.30. The Kier molecular flexibility index (Phi) is 4.69. The van der Waals surface area contributed by atoms with E-state index in [1.807, 2.05) is 0 Å². The van der Waals surface area contributed by atoms with Crippen LogP contribution in [0.5, 0.6) is 0 Å². The first-order valence-electron chi connectivity index (χ1n) is 8.04. The average molecular weight is 417 g/mol. The molecule has 4 rings (SSSR count). The van der Waals surface area contributed by atoms with Crippen molar-refractivity contribution in [1.29, 1.82) is 0 Å². The summed E-state index contributed by atoms with van der Waals surface area (Å²) in [5.74, 6) is -0.772. The molecule has 0 amide bonds. The molecule has 2 aliphatic heterocycles. The summed E-state index contributed by atoms with van der Waals surface area (Å²) in [6, 6.07) is 0. The van der Waals surface area contributed by atoms with E-state index in [0.29, 0.717) is 0 Å². The Bertz CT molecular complexity index is 1020. The lowest BCUT2D eigenvalue weighted by molar-refractivity contribution is -0.150. The van der Waals surface area contributed by atoms with E-state index >= 15 is 0 Å². The van der Waals surface area contributed by atoms with Gasteiger partial charge < -0.3 is 20.3 Å². The lowest BCUT2D eigenvalue weighted by Crippen LogP contribution is -2.39. The molecule has 2 saturated heterocycles. The fraction of sp³-hybridized carbons (Fsp3) is 0.538. The highest BCUT2D eigenvalue weighted by Crippen LogP contribution is 2.56. The van der Waals surface area contributed by atoms with Gasteiger partial charge in [0.15, 0.2) is 17.4 Å². The molecule has 0 bridgehead atoms. The third-order valence-electron chi connectivity index (χ3n) is 4.15. The Morgan fingerprint density at radius 1 is 1.57 bits per heavy atom. The van der Waals surface area contributed by atoms with Crippen LogP contribution in [0, 0.1) is 0 Å². The van der Waals surface area contributed by atoms with E-state index in [9.17, 15) is 19.3 Å². The molecule has 0 aliphatic carbocycles. The molecule has 28 heavy (non-hydrogen) atoms. The molecule has 15 heteroatoms. The SMILES string of the molecule is CC(=O)OCOP1(=O)OC[C@H]2O[C@@H](n3cnc4c(=O)[nH]c(N)nc43)[C@H](O)[C@@H]2O1. The van der Waals surface area contributed by atoms with Crippen molar-refractivity contribution < 1.29 is 37.5 Å². The van der Waals surface area contributed by atoms with Gasteiger partial charge in [0.05, 0.1) is 12.9 Å². The molecule has 0 aromatic carbocycles. The molecule has 14 nitrogen and oxygen atoms in total. The summed E-state index contributed by atoms with van der Waals surface area (Å²) < 4.78 is 39.3. The monoisotopic (exact) mass is 417 g/mol. The van der Waals surface area contributed by atoms with Crippen LogP contribution in [0.3, 0.4) is 0 Å². The number of nitrogens with zero attached hydrogens (tertiary/aromatic N) is 3. The van der Waals surface area contributed by atoms with E-state index in [1.165, 1.54) is 10.9 Å². The number of aromatic nitrogens is 4. The summed E-state index contributed by atoms with van der Waals surface area (Å²) in [7, 11) is -4.08. The number of nitrogen functional groups attached to an aromatic ring is 1. The molecule has 2 aromatic heterocycles. The number of esters is 1. The number of rotatable bonds is 4. The topological polar surface area (TPSA) is 190 Å². The quantitative estimate of drug-likeness (QED) is 0.313. The molecule has 0 saturated carbocycles. The van der Waals surface area contributed by atoms with Crippen LogP contribution >= 0.6 is 7.82 Å². The van der Waals surface area contributed by atoms with Gasteiger partial charge in [-0.05, 0) is 0 Å². The van der Waals surface area contributed by atoms with Crippen LogP contribution in [0.25, 0.3) is 11.2 Å². The maximum Gasteiger partial charge on any atom is 0.478 e. The van der Waals surface area contributed by atoms with E-state index in [-0.39, 0.29) is 23.7 Å². The molecule has 2 fully saturated rings. The molecule has 2 aromatic rings. The minimum absolute atomic E-state index is 0.00688. The van der Waals surface area contributed by atoms with Gasteiger partial charge in [-0.25, -0.2) is 14.1 Å². The van der Waals surface area contributed by atoms with E-state index in [0.717, 1.165) is 6.92 Å². The average Bonchev–Trinajstić information content (AvgIpc) is 3.16. The van der Waals surface area contributed by atoms with Gasteiger partial charge >= 0.3 is 13.8 Å². The summed E-state index contributed by atoms with van der Waals surface area (Å²) in [4.78, 5) is 33.0. The number of aliphatic hydroxyl groups excluding tert-OH is 1. The third kappa shape index (κ3) is 3.30. The number of hydrogen-bond donors (Lipinski definition) is 3. The molecular formula is C13H16N5O9P. The Balaban J connectivity index is 1.56. The van der Waals surface area contributed by atoms with E-state index < -0.39 is 50.7 Å². The fourth-order valence-corrected chi connectivity index (χ4v) is 4.19. The van der Waals surface area contributed by atoms with Gasteiger partial charge in [-0.3, -0.25) is 28.2 Å². The molecule has 4 N–H and O–H groups in total. The minimum Gasteiger partial charge on any atom is -0.438 e. The van der Waals surface area contributed by atoms with Gasteiger partial charge in [-0.1, -0.05) is 0 Å². The van der Waals surface area contributed by atoms with Gasteiger partial charge in [0.25, 0.3) is 5.56 Å². The zero-order chi connectivity index (χ0) is 20.1. The second kappa shape index (κ2) is 6.92. The fourth-order valence-electron chi connectivity index (χ4n) is 2.93. The molecule has 0 spiro atoms. The highest BCUT2D eigenvalue weighted by molar-refractivity contribution is 7.48. The molecule has 0 radical (unpaired) electrons. The van der Waals surface area contributed by atoms with Gasteiger partial charge in [-0.2, -0.15) is 4.98 Å². The Morgan fingerprint density at radius 3 is 3.11 bits per heavy atom. The minimum atomic E-state index is -4.08. The second-order valence-electron chi connectivity index (χ2n) is 6.03. The number of anilines is 1. The van der Waals surface area contributed by atoms with Crippen LogP contribution in [-0.2, 0) is 32.4 Å². The van der Waals surface area contributed by atoms with Crippen LogP contribution in [0.2, 0.25) is 0 Å². The van der Waals surface area contributed by atoms with Gasteiger partial charge in [0, 0.05) is 6.92 Å². The first-order chi connectivity index (χ1) is 13.3. The molecule has 4 heterocycles. The van der Waals surface area contributed by atoms with E-state index in [2.05, 4.69) is 19.7 Å². The number of carbonyl (C=O) groups excluding carboxylic acids is 1. The van der Waals surface area contributed by atoms with Crippen LogP contribution in [0.4, 0.5) is 5.95 Å². The predicted molar refractivity (Wildman–Crippen MR) is 88.6 cm³/mol. The van der Waals surface area contributed by atoms with Crippen molar-refractivity contribution in [2.75, 3.05) is 19.1 Å². The summed E-state index contributed by atoms with van der Waals surface area (Å²) in [5, 5.41) is 10.6. The van der Waals surface area contributed by atoms with Gasteiger partial charge in [0.1, 0.15) is 18.3 Å². The van der Waals surface area contributed by atoms with E-state index in [4.69, 9.17) is 24.0 Å². The standard InChI is InChI=1S/C13H16N5O9P/c1-5(19)23-4-25-28(22)24-2-6-9(27-28)8(20)12(26-6)18-3-15-7-10(18)16-13(14)17-11(7)21/h3,6,8-9,12,20H,2,4H2,1H3,(H3,14,16,17,21)/t6-,8-,9-,12-,28?/m1/s1. The number of hydrogen-bond acceptors (Lipinski definition) is 12. The molecular weight excluding hydrogens is 401 g/mol. The highest BCUT2D eigenvalue weighted by Gasteiger charge is 2.53. The second-order valence-corrected chi connectivity index (χ2v) is 7.65. The van der Waals surface area contributed by atoms with Crippen molar-refractivity contribution in [2.45, 2.75) is 31.5 Å². The zero-order valence-corrected chi connectivity index (χ0v) is 15.3.